The number of aliphatic hydroxyl groups is 2. The first kappa shape index (κ1) is 23.7. The molecule has 0 aliphatic heterocycles. The van der Waals surface area contributed by atoms with E-state index in [-0.39, 0.29) is 16.6 Å². The van der Waals surface area contributed by atoms with Crippen LogP contribution >= 0.6 is 0 Å². The monoisotopic (exact) mass is 452 g/mol. The molecule has 174 valence electrons. The molecule has 2 N–H and O–H groups in total. The minimum absolute atomic E-state index is 0.154. The molecule has 2 fully saturated rings. The van der Waals surface area contributed by atoms with Crippen molar-refractivity contribution in [2.45, 2.75) is 89.6 Å². The van der Waals surface area contributed by atoms with Crippen LogP contribution in [0.25, 0.3) is 0 Å². The second kappa shape index (κ2) is 8.39. The fourth-order valence-electron chi connectivity index (χ4n) is 6.61. The van der Waals surface area contributed by atoms with Crippen LogP contribution < -0.4 is 10.4 Å². The molecule has 0 bridgehead atoms. The summed E-state index contributed by atoms with van der Waals surface area (Å²) in [5, 5.41) is 25.8. The number of hydrogen-bond donors (Lipinski definition) is 2. The molecule has 0 saturated heterocycles. The summed E-state index contributed by atoms with van der Waals surface area (Å²) in [6, 6.07) is 21.1. The first-order chi connectivity index (χ1) is 15.1. The van der Waals surface area contributed by atoms with E-state index in [0.29, 0.717) is 12.3 Å². The summed E-state index contributed by atoms with van der Waals surface area (Å²) in [5.41, 5.74) is -1.37. The second-order valence-electron chi connectivity index (χ2n) is 11.4. The molecule has 0 radical (unpaired) electrons. The molecule has 0 spiro atoms. The number of aliphatic hydroxyl groups excluding tert-OH is 1. The van der Waals surface area contributed by atoms with Crippen LogP contribution in [0.1, 0.15) is 66.7 Å². The minimum Gasteiger partial charge on any atom is -0.402 e. The van der Waals surface area contributed by atoms with Gasteiger partial charge in [-0.05, 0) is 47.0 Å². The average molecular weight is 453 g/mol. The second-order valence-corrected chi connectivity index (χ2v) is 15.7. The Morgan fingerprint density at radius 1 is 0.906 bits per heavy atom. The van der Waals surface area contributed by atoms with Crippen molar-refractivity contribution in [3.8, 4) is 0 Å². The highest BCUT2D eigenvalue weighted by Gasteiger charge is 2.62. The van der Waals surface area contributed by atoms with Crippen LogP contribution in [0.3, 0.4) is 0 Å². The zero-order valence-corrected chi connectivity index (χ0v) is 21.3. The van der Waals surface area contributed by atoms with Gasteiger partial charge in [-0.2, -0.15) is 0 Å². The van der Waals surface area contributed by atoms with E-state index in [0.717, 1.165) is 25.7 Å². The summed E-state index contributed by atoms with van der Waals surface area (Å²) < 4.78 is 7.25. The SMILES string of the molecule is C[C@H]1CCC[C@]2(O)[C@H](O)[C@H](O[Si](c3ccccc3)(c3ccccc3)C(C)(C)C)CC[C@]12C. The van der Waals surface area contributed by atoms with Crippen LogP contribution in [0.2, 0.25) is 5.04 Å². The molecule has 2 saturated carbocycles. The van der Waals surface area contributed by atoms with E-state index in [1.165, 1.54) is 10.4 Å². The lowest BCUT2D eigenvalue weighted by Crippen LogP contribution is -2.72. The number of fused-ring (bicyclic) bond motifs is 1. The maximum Gasteiger partial charge on any atom is 0.261 e. The summed E-state index contributed by atoms with van der Waals surface area (Å²) in [6.07, 6.45) is 3.10. The highest BCUT2D eigenvalue weighted by molar-refractivity contribution is 6.99. The maximum atomic E-state index is 11.9. The molecule has 0 heterocycles. The van der Waals surface area contributed by atoms with E-state index >= 15 is 0 Å². The zero-order chi connectivity index (χ0) is 23.2. The van der Waals surface area contributed by atoms with Gasteiger partial charge < -0.3 is 14.6 Å². The summed E-state index contributed by atoms with van der Waals surface area (Å²) in [6.45, 7) is 11.2. The predicted octanol–water partition coefficient (Wildman–Crippen LogP) is 4.64. The molecule has 4 rings (SSSR count). The lowest BCUT2D eigenvalue weighted by molar-refractivity contribution is -0.240. The van der Waals surface area contributed by atoms with Crippen molar-refractivity contribution < 1.29 is 14.6 Å². The molecule has 0 aromatic heterocycles. The zero-order valence-electron chi connectivity index (χ0n) is 20.3. The lowest BCUT2D eigenvalue weighted by Gasteiger charge is -2.60. The highest BCUT2D eigenvalue weighted by Crippen LogP contribution is 2.56. The van der Waals surface area contributed by atoms with Gasteiger partial charge >= 0.3 is 0 Å². The van der Waals surface area contributed by atoms with Crippen molar-refractivity contribution in [3.63, 3.8) is 0 Å². The summed E-state index contributed by atoms with van der Waals surface area (Å²) in [5.74, 6) is 0.393. The maximum absolute atomic E-state index is 11.9. The van der Waals surface area contributed by atoms with Crippen LogP contribution in [0, 0.1) is 11.3 Å². The van der Waals surface area contributed by atoms with Crippen LogP contribution in [-0.2, 0) is 4.43 Å². The van der Waals surface area contributed by atoms with Crippen LogP contribution in [0.15, 0.2) is 60.7 Å². The fourth-order valence-corrected chi connectivity index (χ4v) is 11.3. The van der Waals surface area contributed by atoms with Gasteiger partial charge in [-0.3, -0.25) is 0 Å². The molecule has 0 unspecified atom stereocenters. The Morgan fingerprint density at radius 3 is 1.94 bits per heavy atom. The third kappa shape index (κ3) is 3.51. The Bertz CT molecular complexity index is 870. The van der Waals surface area contributed by atoms with Crippen molar-refractivity contribution in [2.75, 3.05) is 0 Å². The Morgan fingerprint density at radius 2 is 1.44 bits per heavy atom. The summed E-state index contributed by atoms with van der Waals surface area (Å²) in [7, 11) is -2.78. The van der Waals surface area contributed by atoms with Gasteiger partial charge in [0, 0.05) is 5.41 Å². The highest BCUT2D eigenvalue weighted by atomic mass is 28.4. The van der Waals surface area contributed by atoms with E-state index in [2.05, 4.69) is 83.1 Å². The molecule has 2 aliphatic carbocycles. The van der Waals surface area contributed by atoms with Crippen molar-refractivity contribution in [1.82, 2.24) is 0 Å². The Labute approximate surface area is 195 Å². The minimum atomic E-state index is -2.78. The van der Waals surface area contributed by atoms with Crippen molar-refractivity contribution in [3.05, 3.63) is 60.7 Å². The molecule has 2 aliphatic rings. The van der Waals surface area contributed by atoms with Gasteiger partial charge in [0.15, 0.2) is 0 Å². The molecular weight excluding hydrogens is 412 g/mol. The van der Waals surface area contributed by atoms with Gasteiger partial charge in [0.25, 0.3) is 8.32 Å². The van der Waals surface area contributed by atoms with Gasteiger partial charge in [-0.15, -0.1) is 0 Å². The predicted molar refractivity (Wildman–Crippen MR) is 134 cm³/mol. The van der Waals surface area contributed by atoms with Crippen molar-refractivity contribution in [2.24, 2.45) is 11.3 Å². The number of rotatable bonds is 4. The molecule has 4 heteroatoms. The fraction of sp³-hybridized carbons (Fsp3) is 0.571. The topological polar surface area (TPSA) is 49.7 Å². The van der Waals surface area contributed by atoms with Gasteiger partial charge in [0.1, 0.15) is 6.10 Å². The van der Waals surface area contributed by atoms with E-state index in [1.807, 2.05) is 12.1 Å². The molecule has 2 aromatic carbocycles. The summed E-state index contributed by atoms with van der Waals surface area (Å²) >= 11 is 0. The standard InChI is InChI=1S/C28H40O3Si/c1-21-13-12-19-28(30)25(29)24(18-20-27(21,28)5)31-32(26(2,3)4,22-14-8-6-9-15-22)23-16-10-7-11-17-23/h6-11,14-17,21,24-25,29-30H,12-13,18-20H2,1-5H3/t21-,24+,25+,27+,28-/m0/s1. The number of hydrogen-bond acceptors (Lipinski definition) is 3. The summed E-state index contributed by atoms with van der Waals surface area (Å²) in [4.78, 5) is 0. The van der Waals surface area contributed by atoms with Gasteiger partial charge in [-0.25, -0.2) is 0 Å². The van der Waals surface area contributed by atoms with Crippen LogP contribution in [-0.4, -0.2) is 36.3 Å². The third-order valence-electron chi connectivity index (χ3n) is 8.81. The van der Waals surface area contributed by atoms with Crippen LogP contribution in [0.5, 0.6) is 0 Å². The molecule has 0 amide bonds. The Hall–Kier alpha value is -1.46. The first-order valence-electron chi connectivity index (χ1n) is 12.3. The molecule has 2 aromatic rings. The Kier molecular flexibility index (Phi) is 6.21. The van der Waals surface area contributed by atoms with E-state index in [9.17, 15) is 10.2 Å². The smallest absolute Gasteiger partial charge is 0.261 e. The molecular formula is C28H40O3Si. The van der Waals surface area contributed by atoms with Gasteiger partial charge in [-0.1, -0.05) is 102 Å². The van der Waals surface area contributed by atoms with E-state index in [4.69, 9.17) is 4.43 Å². The third-order valence-corrected chi connectivity index (χ3v) is 13.9. The largest absolute Gasteiger partial charge is 0.402 e. The quantitative estimate of drug-likeness (QED) is 0.664. The first-order valence-corrected chi connectivity index (χ1v) is 14.2. The van der Waals surface area contributed by atoms with E-state index in [1.54, 1.807) is 0 Å². The van der Waals surface area contributed by atoms with Crippen molar-refractivity contribution in [1.29, 1.82) is 0 Å². The van der Waals surface area contributed by atoms with Crippen molar-refractivity contribution >= 4 is 18.7 Å². The number of benzene rings is 2. The average Bonchev–Trinajstić information content (AvgIpc) is 2.77. The Balaban J connectivity index is 1.81. The molecule has 3 nitrogen and oxygen atoms in total. The van der Waals surface area contributed by atoms with Gasteiger partial charge in [0.05, 0.1) is 11.7 Å². The van der Waals surface area contributed by atoms with E-state index < -0.39 is 20.0 Å². The van der Waals surface area contributed by atoms with Gasteiger partial charge in [0.2, 0.25) is 0 Å². The normalized spacial score (nSPS) is 33.5. The molecule has 32 heavy (non-hydrogen) atoms. The molecule has 5 atom stereocenters. The van der Waals surface area contributed by atoms with Crippen LogP contribution in [0.4, 0.5) is 0 Å². The lowest BCUT2D eigenvalue weighted by atomic mass is 9.52.